The van der Waals surface area contributed by atoms with Gasteiger partial charge >= 0.3 is 0 Å². The molecule has 1 atom stereocenters. The molecule has 0 bridgehead atoms. The van der Waals surface area contributed by atoms with E-state index < -0.39 is 0 Å². The van der Waals surface area contributed by atoms with Crippen molar-refractivity contribution in [1.29, 1.82) is 0 Å². The fraction of sp³-hybridized carbons (Fsp3) is 0.571. The summed E-state index contributed by atoms with van der Waals surface area (Å²) in [4.78, 5) is 4.70. The Morgan fingerprint density at radius 2 is 2.17 bits per heavy atom. The maximum atomic E-state index is 13.3. The SMILES string of the molecule is CC1CN(C)CCCN1c1ccc(F)cc1CN. The quantitative estimate of drug-likeness (QED) is 0.870. The molecule has 18 heavy (non-hydrogen) atoms. The second-order valence-corrected chi connectivity index (χ2v) is 5.14. The molecule has 0 aromatic heterocycles. The maximum absolute atomic E-state index is 13.3. The highest BCUT2D eigenvalue weighted by molar-refractivity contribution is 5.54. The number of benzene rings is 1. The van der Waals surface area contributed by atoms with Gasteiger partial charge in [0, 0.05) is 31.4 Å². The van der Waals surface area contributed by atoms with Crippen LogP contribution >= 0.6 is 0 Å². The van der Waals surface area contributed by atoms with Gasteiger partial charge in [-0.25, -0.2) is 4.39 Å². The van der Waals surface area contributed by atoms with Crippen LogP contribution in [0.5, 0.6) is 0 Å². The lowest BCUT2D eigenvalue weighted by Crippen LogP contribution is -2.38. The zero-order valence-electron chi connectivity index (χ0n) is 11.2. The number of likely N-dealkylation sites (N-methyl/N-ethyl adjacent to an activating group) is 1. The summed E-state index contributed by atoms with van der Waals surface area (Å²) in [5.74, 6) is -0.209. The molecule has 0 saturated carbocycles. The van der Waals surface area contributed by atoms with E-state index in [1.165, 1.54) is 6.07 Å². The third-order valence-electron chi connectivity index (χ3n) is 3.62. The minimum absolute atomic E-state index is 0.209. The molecule has 1 fully saturated rings. The standard InChI is InChI=1S/C14H22FN3/c1-11-10-17(2)6-3-7-18(11)14-5-4-13(15)8-12(14)9-16/h4-5,8,11H,3,6-7,9-10,16H2,1-2H3. The van der Waals surface area contributed by atoms with Gasteiger partial charge in [0.2, 0.25) is 0 Å². The molecule has 0 amide bonds. The number of hydrogen-bond donors (Lipinski definition) is 1. The van der Waals surface area contributed by atoms with Crippen LogP contribution in [-0.2, 0) is 6.54 Å². The third-order valence-corrected chi connectivity index (χ3v) is 3.62. The molecular formula is C14H22FN3. The number of rotatable bonds is 2. The Kier molecular flexibility index (Phi) is 4.19. The number of halogens is 1. The maximum Gasteiger partial charge on any atom is 0.123 e. The minimum Gasteiger partial charge on any atom is -0.367 e. The van der Waals surface area contributed by atoms with E-state index in [9.17, 15) is 4.39 Å². The van der Waals surface area contributed by atoms with Crippen LogP contribution in [0, 0.1) is 5.82 Å². The molecule has 0 spiro atoms. The van der Waals surface area contributed by atoms with E-state index in [4.69, 9.17) is 5.73 Å². The first kappa shape index (κ1) is 13.3. The normalized spacial score (nSPS) is 22.0. The molecule has 1 aliphatic heterocycles. The summed E-state index contributed by atoms with van der Waals surface area (Å²) in [7, 11) is 2.15. The third kappa shape index (κ3) is 2.82. The average molecular weight is 251 g/mol. The summed E-state index contributed by atoms with van der Waals surface area (Å²) >= 11 is 0. The van der Waals surface area contributed by atoms with Crippen LogP contribution in [0.1, 0.15) is 18.9 Å². The monoisotopic (exact) mass is 251 g/mol. The highest BCUT2D eigenvalue weighted by Gasteiger charge is 2.21. The van der Waals surface area contributed by atoms with Crippen LogP contribution in [-0.4, -0.2) is 37.6 Å². The van der Waals surface area contributed by atoms with E-state index in [2.05, 4.69) is 23.8 Å². The largest absolute Gasteiger partial charge is 0.367 e. The van der Waals surface area contributed by atoms with Gasteiger partial charge in [-0.3, -0.25) is 0 Å². The second kappa shape index (κ2) is 5.67. The first-order valence-electron chi connectivity index (χ1n) is 6.55. The van der Waals surface area contributed by atoms with E-state index in [1.54, 1.807) is 6.07 Å². The Balaban J connectivity index is 2.29. The fourth-order valence-electron chi connectivity index (χ4n) is 2.73. The van der Waals surface area contributed by atoms with Gasteiger partial charge in [-0.05, 0) is 50.7 Å². The van der Waals surface area contributed by atoms with Crippen LogP contribution in [0.3, 0.4) is 0 Å². The van der Waals surface area contributed by atoms with Crippen molar-refractivity contribution in [3.8, 4) is 0 Å². The molecule has 1 aromatic rings. The van der Waals surface area contributed by atoms with Crippen molar-refractivity contribution < 1.29 is 4.39 Å². The topological polar surface area (TPSA) is 32.5 Å². The average Bonchev–Trinajstić information content (AvgIpc) is 2.50. The van der Waals surface area contributed by atoms with Gasteiger partial charge in [-0.15, -0.1) is 0 Å². The Bertz CT molecular complexity index is 408. The Morgan fingerprint density at radius 3 is 2.89 bits per heavy atom. The molecule has 1 aromatic carbocycles. The lowest BCUT2D eigenvalue weighted by atomic mass is 10.1. The summed E-state index contributed by atoms with van der Waals surface area (Å²) < 4.78 is 13.3. The first-order chi connectivity index (χ1) is 8.61. The molecule has 100 valence electrons. The van der Waals surface area contributed by atoms with Crippen LogP contribution < -0.4 is 10.6 Å². The van der Waals surface area contributed by atoms with E-state index in [0.717, 1.165) is 37.3 Å². The molecule has 2 N–H and O–H groups in total. The molecule has 3 nitrogen and oxygen atoms in total. The van der Waals surface area contributed by atoms with Gasteiger partial charge in [0.25, 0.3) is 0 Å². The summed E-state index contributed by atoms with van der Waals surface area (Å²) in [5.41, 5.74) is 7.71. The molecule has 4 heteroatoms. The summed E-state index contributed by atoms with van der Waals surface area (Å²) in [6.07, 6.45) is 1.13. The van der Waals surface area contributed by atoms with Crippen LogP contribution in [0.2, 0.25) is 0 Å². The number of nitrogens with two attached hydrogens (primary N) is 1. The lowest BCUT2D eigenvalue weighted by Gasteiger charge is -2.31. The second-order valence-electron chi connectivity index (χ2n) is 5.14. The Hall–Kier alpha value is -1.13. The molecule has 0 radical (unpaired) electrons. The van der Waals surface area contributed by atoms with Crippen molar-refractivity contribution in [2.75, 3.05) is 31.6 Å². The predicted molar refractivity (Wildman–Crippen MR) is 73.2 cm³/mol. The summed E-state index contributed by atoms with van der Waals surface area (Å²) in [6, 6.07) is 5.36. The zero-order valence-corrected chi connectivity index (χ0v) is 11.2. The van der Waals surface area contributed by atoms with Crippen molar-refractivity contribution >= 4 is 5.69 Å². The van der Waals surface area contributed by atoms with Crippen LogP contribution in [0.15, 0.2) is 18.2 Å². The van der Waals surface area contributed by atoms with E-state index >= 15 is 0 Å². The van der Waals surface area contributed by atoms with Gasteiger partial charge in [0.05, 0.1) is 0 Å². The molecule has 1 heterocycles. The molecule has 0 aliphatic carbocycles. The smallest absolute Gasteiger partial charge is 0.123 e. The van der Waals surface area contributed by atoms with Gasteiger partial charge in [-0.1, -0.05) is 0 Å². The molecule has 2 rings (SSSR count). The van der Waals surface area contributed by atoms with Gasteiger partial charge in [-0.2, -0.15) is 0 Å². The Morgan fingerprint density at radius 1 is 1.39 bits per heavy atom. The highest BCUT2D eigenvalue weighted by Crippen LogP contribution is 2.25. The predicted octanol–water partition coefficient (Wildman–Crippen LogP) is 1.81. The van der Waals surface area contributed by atoms with Crippen molar-refractivity contribution in [2.45, 2.75) is 25.9 Å². The molecule has 1 unspecified atom stereocenters. The molecule has 1 saturated heterocycles. The number of hydrogen-bond acceptors (Lipinski definition) is 3. The van der Waals surface area contributed by atoms with Gasteiger partial charge in [0.1, 0.15) is 5.82 Å². The van der Waals surface area contributed by atoms with Gasteiger partial charge in [0.15, 0.2) is 0 Å². The first-order valence-corrected chi connectivity index (χ1v) is 6.55. The number of anilines is 1. The minimum atomic E-state index is -0.209. The van der Waals surface area contributed by atoms with Crippen LogP contribution in [0.25, 0.3) is 0 Å². The molecule has 1 aliphatic rings. The highest BCUT2D eigenvalue weighted by atomic mass is 19.1. The van der Waals surface area contributed by atoms with Crippen molar-refractivity contribution in [3.63, 3.8) is 0 Å². The van der Waals surface area contributed by atoms with Crippen molar-refractivity contribution in [2.24, 2.45) is 5.73 Å². The van der Waals surface area contributed by atoms with E-state index in [1.807, 2.05) is 6.07 Å². The fourth-order valence-corrected chi connectivity index (χ4v) is 2.73. The van der Waals surface area contributed by atoms with Crippen molar-refractivity contribution in [1.82, 2.24) is 4.90 Å². The number of nitrogens with zero attached hydrogens (tertiary/aromatic N) is 2. The molecular weight excluding hydrogens is 229 g/mol. The summed E-state index contributed by atoms with van der Waals surface area (Å²) in [5, 5.41) is 0. The lowest BCUT2D eigenvalue weighted by molar-refractivity contribution is 0.337. The van der Waals surface area contributed by atoms with E-state index in [0.29, 0.717) is 12.6 Å². The van der Waals surface area contributed by atoms with Gasteiger partial charge < -0.3 is 15.5 Å². The van der Waals surface area contributed by atoms with Crippen molar-refractivity contribution in [3.05, 3.63) is 29.6 Å². The van der Waals surface area contributed by atoms with E-state index in [-0.39, 0.29) is 5.82 Å². The summed E-state index contributed by atoms with van der Waals surface area (Å²) in [6.45, 7) is 5.74. The Labute approximate surface area is 108 Å². The van der Waals surface area contributed by atoms with Crippen LogP contribution in [0.4, 0.5) is 10.1 Å². The zero-order chi connectivity index (χ0) is 13.1.